The molecule has 1 aliphatic heterocycles. The second-order valence-corrected chi connectivity index (χ2v) is 14.0. The zero-order valence-electron chi connectivity index (χ0n) is 22.6. The van der Waals surface area contributed by atoms with Gasteiger partial charge in [-0.25, -0.2) is 0 Å². The van der Waals surface area contributed by atoms with Crippen LogP contribution in [-0.4, -0.2) is 48.2 Å². The van der Waals surface area contributed by atoms with E-state index < -0.39 is 0 Å². The fraction of sp³-hybridized carbons (Fsp3) is 0.806. The van der Waals surface area contributed by atoms with Crippen molar-refractivity contribution in [3.8, 4) is 0 Å². The number of rotatable bonds is 2. The molecule has 4 fully saturated rings. The molecule has 0 saturated heterocycles. The van der Waals surface area contributed by atoms with Crippen molar-refractivity contribution in [1.29, 1.82) is 0 Å². The maximum atomic E-state index is 11.3. The van der Waals surface area contributed by atoms with E-state index in [1.807, 2.05) is 0 Å². The van der Waals surface area contributed by atoms with Crippen LogP contribution in [0.4, 0.5) is 0 Å². The van der Waals surface area contributed by atoms with Gasteiger partial charge in [0.2, 0.25) is 0 Å². The van der Waals surface area contributed by atoms with E-state index in [4.69, 9.17) is 0 Å². The van der Waals surface area contributed by atoms with Crippen molar-refractivity contribution < 1.29 is 5.11 Å². The Kier molecular flexibility index (Phi) is 5.39. The number of benzene rings is 1. The largest absolute Gasteiger partial charge is 0.393 e. The first-order chi connectivity index (χ1) is 16.1. The molecule has 1 aromatic carbocycles. The van der Waals surface area contributed by atoms with Crippen molar-refractivity contribution in [2.75, 3.05) is 21.1 Å². The molecule has 0 unspecified atom stereocenters. The van der Waals surface area contributed by atoms with Gasteiger partial charge in [-0.15, -0.1) is 0 Å². The predicted molar refractivity (Wildman–Crippen MR) is 139 cm³/mol. The quantitative estimate of drug-likeness (QED) is 0.590. The third kappa shape index (κ3) is 2.99. The first-order valence-electron chi connectivity index (χ1n) is 14.3. The van der Waals surface area contributed by atoms with E-state index >= 15 is 0 Å². The van der Waals surface area contributed by atoms with Crippen LogP contribution in [0.15, 0.2) is 24.3 Å². The molecule has 6 rings (SSSR count). The molecule has 10 atom stereocenters. The third-order valence-corrected chi connectivity index (χ3v) is 12.8. The lowest BCUT2D eigenvalue weighted by molar-refractivity contribution is -0.138. The van der Waals surface area contributed by atoms with Gasteiger partial charge in [-0.1, -0.05) is 38.1 Å². The van der Waals surface area contributed by atoms with E-state index in [1.54, 1.807) is 11.1 Å². The SMILES string of the molecule is C[C@@H]([C@H]1[C@@H](O)C[C@H]2[C@@H]3CC[C@H]4C[C@]5(CC[C@]4(C)[C@H]3CC[C@]12C)c1ccccc1CN5C)N(C)C. The van der Waals surface area contributed by atoms with Gasteiger partial charge in [-0.3, -0.25) is 4.90 Å². The average Bonchev–Trinajstić information content (AvgIpc) is 3.23. The van der Waals surface area contributed by atoms with Crippen molar-refractivity contribution in [2.45, 2.75) is 96.4 Å². The van der Waals surface area contributed by atoms with Crippen LogP contribution in [0.25, 0.3) is 0 Å². The average molecular weight is 465 g/mol. The summed E-state index contributed by atoms with van der Waals surface area (Å²) in [6.07, 6.45) is 10.4. The molecule has 188 valence electrons. The first kappa shape index (κ1) is 23.5. The van der Waals surface area contributed by atoms with Gasteiger partial charge in [0.1, 0.15) is 0 Å². The van der Waals surface area contributed by atoms with Crippen LogP contribution in [0.2, 0.25) is 0 Å². The van der Waals surface area contributed by atoms with E-state index in [2.05, 4.69) is 76.0 Å². The zero-order chi connectivity index (χ0) is 24.0. The van der Waals surface area contributed by atoms with Gasteiger partial charge in [-0.05, 0) is 125 Å². The Balaban J connectivity index is 1.28. The van der Waals surface area contributed by atoms with Crippen molar-refractivity contribution in [3.05, 3.63) is 35.4 Å². The minimum atomic E-state index is -0.130. The van der Waals surface area contributed by atoms with Crippen molar-refractivity contribution >= 4 is 0 Å². The van der Waals surface area contributed by atoms with Crippen molar-refractivity contribution in [2.24, 2.45) is 40.4 Å². The highest BCUT2D eigenvalue weighted by molar-refractivity contribution is 5.39. The van der Waals surface area contributed by atoms with Gasteiger partial charge in [0, 0.05) is 24.0 Å². The molecule has 5 aliphatic rings. The second-order valence-electron chi connectivity index (χ2n) is 14.0. The summed E-state index contributed by atoms with van der Waals surface area (Å²) in [6.45, 7) is 8.72. The molecular formula is C31H48N2O. The highest BCUT2D eigenvalue weighted by Crippen LogP contribution is 2.69. The predicted octanol–water partition coefficient (Wildman–Crippen LogP) is 5.91. The minimum Gasteiger partial charge on any atom is -0.393 e. The molecule has 4 saturated carbocycles. The summed E-state index contributed by atoms with van der Waals surface area (Å²) >= 11 is 0. The summed E-state index contributed by atoms with van der Waals surface area (Å²) in [7, 11) is 6.77. The van der Waals surface area contributed by atoms with E-state index in [9.17, 15) is 5.11 Å². The second kappa shape index (κ2) is 7.80. The molecule has 1 N–H and O–H groups in total. The maximum Gasteiger partial charge on any atom is 0.0591 e. The molecule has 0 bridgehead atoms. The number of hydrogen-bond donors (Lipinski definition) is 1. The highest BCUT2D eigenvalue weighted by Gasteiger charge is 2.64. The van der Waals surface area contributed by atoms with Crippen molar-refractivity contribution in [1.82, 2.24) is 9.80 Å². The molecule has 1 aromatic rings. The summed E-state index contributed by atoms with van der Waals surface area (Å²) in [4.78, 5) is 5.05. The monoisotopic (exact) mass is 464 g/mol. The van der Waals surface area contributed by atoms with E-state index in [0.29, 0.717) is 28.7 Å². The fourth-order valence-corrected chi connectivity index (χ4v) is 10.8. The topological polar surface area (TPSA) is 26.7 Å². The summed E-state index contributed by atoms with van der Waals surface area (Å²) in [5.41, 5.74) is 4.25. The van der Waals surface area contributed by atoms with Crippen LogP contribution in [0, 0.1) is 40.4 Å². The number of hydrogen-bond acceptors (Lipinski definition) is 3. The normalized spacial score (nSPS) is 48.9. The Morgan fingerprint density at radius 1 is 1.00 bits per heavy atom. The molecule has 3 heteroatoms. The molecule has 0 radical (unpaired) electrons. The Labute approximate surface area is 208 Å². The Bertz CT molecular complexity index is 945. The van der Waals surface area contributed by atoms with Crippen LogP contribution in [-0.2, 0) is 12.1 Å². The molecular weight excluding hydrogens is 416 g/mol. The lowest BCUT2D eigenvalue weighted by Crippen LogP contribution is -2.57. The molecule has 34 heavy (non-hydrogen) atoms. The van der Waals surface area contributed by atoms with Gasteiger partial charge in [0.05, 0.1) is 6.10 Å². The molecule has 1 heterocycles. The van der Waals surface area contributed by atoms with Crippen LogP contribution < -0.4 is 0 Å². The number of nitrogens with zero attached hydrogens (tertiary/aromatic N) is 2. The van der Waals surface area contributed by atoms with Gasteiger partial charge < -0.3 is 10.0 Å². The van der Waals surface area contributed by atoms with Crippen LogP contribution >= 0.6 is 0 Å². The van der Waals surface area contributed by atoms with E-state index in [0.717, 1.165) is 30.7 Å². The van der Waals surface area contributed by atoms with Crippen molar-refractivity contribution in [3.63, 3.8) is 0 Å². The highest BCUT2D eigenvalue weighted by atomic mass is 16.3. The summed E-state index contributed by atoms with van der Waals surface area (Å²) in [6, 6.07) is 9.74. The molecule has 0 amide bonds. The summed E-state index contributed by atoms with van der Waals surface area (Å²) < 4.78 is 0. The van der Waals surface area contributed by atoms with Gasteiger partial charge >= 0.3 is 0 Å². The van der Waals surface area contributed by atoms with Crippen LogP contribution in [0.3, 0.4) is 0 Å². The van der Waals surface area contributed by atoms with E-state index in [-0.39, 0.29) is 11.6 Å². The third-order valence-electron chi connectivity index (χ3n) is 12.8. The molecule has 1 spiro atoms. The molecule has 3 nitrogen and oxygen atoms in total. The molecule has 0 aromatic heterocycles. The fourth-order valence-electron chi connectivity index (χ4n) is 10.8. The van der Waals surface area contributed by atoms with Gasteiger partial charge in [-0.2, -0.15) is 0 Å². The number of aliphatic hydroxyl groups is 1. The summed E-state index contributed by atoms with van der Waals surface area (Å²) in [5.74, 6) is 3.62. The number of aliphatic hydroxyl groups excluding tert-OH is 1. The molecule has 4 aliphatic carbocycles. The number of fused-ring (bicyclic) bond motifs is 7. The zero-order valence-corrected chi connectivity index (χ0v) is 22.6. The first-order valence-corrected chi connectivity index (χ1v) is 14.3. The van der Waals surface area contributed by atoms with Crippen LogP contribution in [0.1, 0.15) is 83.3 Å². The lowest BCUT2D eigenvalue weighted by atomic mass is 9.43. The Hall–Kier alpha value is -0.900. The van der Waals surface area contributed by atoms with E-state index in [1.165, 1.54) is 44.9 Å². The van der Waals surface area contributed by atoms with Crippen LogP contribution in [0.5, 0.6) is 0 Å². The van der Waals surface area contributed by atoms with Gasteiger partial charge in [0.25, 0.3) is 0 Å². The standard InChI is InChI=1S/C31H48N2O/c1-20(32(4)5)28-27(34)17-26-23-12-11-22-18-31(24-10-8-7-9-21(24)19-33(31)6)16-15-29(22,2)25(23)13-14-30(26,28)3/h7-10,20,22-23,25-28,34H,11-19H2,1-6H3/t20-,22-,23+,25-,26-,27-,28-,29-,30-,31+/m0/s1. The lowest BCUT2D eigenvalue weighted by Gasteiger charge is -2.63. The van der Waals surface area contributed by atoms with Gasteiger partial charge in [0.15, 0.2) is 0 Å². The smallest absolute Gasteiger partial charge is 0.0591 e. The summed E-state index contributed by atoms with van der Waals surface area (Å²) in [5, 5.41) is 11.3. The minimum absolute atomic E-state index is 0.130. The Morgan fingerprint density at radius 2 is 1.76 bits per heavy atom. The Morgan fingerprint density at radius 3 is 2.53 bits per heavy atom. The maximum absolute atomic E-state index is 11.3.